The van der Waals surface area contributed by atoms with E-state index in [4.69, 9.17) is 4.98 Å². The van der Waals surface area contributed by atoms with E-state index in [-0.39, 0.29) is 5.91 Å². The van der Waals surface area contributed by atoms with Crippen LogP contribution in [0.4, 0.5) is 0 Å². The number of nitriles is 1. The van der Waals surface area contributed by atoms with Gasteiger partial charge in [0.25, 0.3) is 0 Å². The topological polar surface area (TPSA) is 74.8 Å². The molecule has 6 heteroatoms. The fourth-order valence-electron chi connectivity index (χ4n) is 3.83. The first-order valence-electron chi connectivity index (χ1n) is 9.28. The molecule has 0 saturated carbocycles. The summed E-state index contributed by atoms with van der Waals surface area (Å²) in [5, 5.41) is 9.19. The average Bonchev–Trinajstić information content (AvgIpc) is 3.23. The molecule has 6 nitrogen and oxygen atoms in total. The van der Waals surface area contributed by atoms with Gasteiger partial charge in [0.2, 0.25) is 5.91 Å². The molecule has 1 aliphatic heterocycles. The lowest BCUT2D eigenvalue weighted by molar-refractivity contribution is -0.129. The van der Waals surface area contributed by atoms with Gasteiger partial charge in [0.1, 0.15) is 5.82 Å². The van der Waals surface area contributed by atoms with E-state index >= 15 is 0 Å². The zero-order valence-electron chi connectivity index (χ0n) is 15.3. The number of imidazole rings is 1. The number of pyridine rings is 1. The highest BCUT2D eigenvalue weighted by Crippen LogP contribution is 2.28. The van der Waals surface area contributed by atoms with Crippen LogP contribution in [0, 0.1) is 17.2 Å². The van der Waals surface area contributed by atoms with Crippen molar-refractivity contribution in [1.29, 1.82) is 5.26 Å². The lowest BCUT2D eigenvalue weighted by atomic mass is 10.0. The molecule has 2 aromatic heterocycles. The van der Waals surface area contributed by atoms with E-state index in [9.17, 15) is 10.1 Å². The average molecular weight is 359 g/mol. The third-order valence-corrected chi connectivity index (χ3v) is 5.12. The minimum atomic E-state index is 0.199. The van der Waals surface area contributed by atoms with Gasteiger partial charge < -0.3 is 9.47 Å². The Balaban J connectivity index is 1.76. The number of carbonyl (C=O) groups is 1. The SMILES string of the molecule is CCCC1CC(=O)N(Cn2c(-c3ccncc3)nc3cc(C#N)ccc32)C1. The van der Waals surface area contributed by atoms with Crippen molar-refractivity contribution in [2.45, 2.75) is 32.9 Å². The first-order chi connectivity index (χ1) is 13.2. The van der Waals surface area contributed by atoms with Crippen LogP contribution in [-0.4, -0.2) is 31.9 Å². The number of likely N-dealkylation sites (tertiary alicyclic amines) is 1. The summed E-state index contributed by atoms with van der Waals surface area (Å²) in [5.74, 6) is 1.42. The van der Waals surface area contributed by atoms with Crippen LogP contribution in [0.1, 0.15) is 31.7 Å². The molecule has 3 aromatic rings. The molecule has 1 aliphatic rings. The smallest absolute Gasteiger partial charge is 0.224 e. The van der Waals surface area contributed by atoms with Crippen molar-refractivity contribution < 1.29 is 4.79 Å². The normalized spacial score (nSPS) is 16.8. The molecule has 0 spiro atoms. The highest BCUT2D eigenvalue weighted by molar-refractivity contribution is 5.83. The number of rotatable bonds is 5. The predicted molar refractivity (Wildman–Crippen MR) is 102 cm³/mol. The maximum absolute atomic E-state index is 12.5. The van der Waals surface area contributed by atoms with Crippen molar-refractivity contribution in [1.82, 2.24) is 19.4 Å². The molecule has 4 rings (SSSR count). The zero-order chi connectivity index (χ0) is 18.8. The van der Waals surface area contributed by atoms with Gasteiger partial charge in [-0.15, -0.1) is 0 Å². The highest BCUT2D eigenvalue weighted by atomic mass is 16.2. The Morgan fingerprint density at radius 3 is 2.81 bits per heavy atom. The minimum absolute atomic E-state index is 0.199. The standard InChI is InChI=1S/C21H21N5O/c1-2-3-16-11-20(27)25(13-16)14-26-19-5-4-15(12-22)10-18(19)24-21(26)17-6-8-23-9-7-17/h4-10,16H,2-3,11,13-14H2,1H3. The Kier molecular flexibility index (Phi) is 4.59. The number of aromatic nitrogens is 3. The van der Waals surface area contributed by atoms with E-state index in [1.807, 2.05) is 23.1 Å². The maximum Gasteiger partial charge on any atom is 0.224 e. The van der Waals surface area contributed by atoms with E-state index in [0.29, 0.717) is 24.6 Å². The van der Waals surface area contributed by atoms with Crippen molar-refractivity contribution in [2.24, 2.45) is 5.92 Å². The molecule has 0 bridgehead atoms. The fraction of sp³-hybridized carbons (Fsp3) is 0.333. The van der Waals surface area contributed by atoms with Gasteiger partial charge in [0.05, 0.1) is 29.3 Å². The monoisotopic (exact) mass is 359 g/mol. The van der Waals surface area contributed by atoms with Gasteiger partial charge >= 0.3 is 0 Å². The Morgan fingerprint density at radius 2 is 2.07 bits per heavy atom. The molecule has 1 aromatic carbocycles. The maximum atomic E-state index is 12.5. The van der Waals surface area contributed by atoms with E-state index < -0.39 is 0 Å². The Hall–Kier alpha value is -3.20. The van der Waals surface area contributed by atoms with Crippen LogP contribution < -0.4 is 0 Å². The molecular weight excluding hydrogens is 338 g/mol. The van der Waals surface area contributed by atoms with Crippen molar-refractivity contribution in [3.8, 4) is 17.5 Å². The van der Waals surface area contributed by atoms with Crippen LogP contribution in [0.15, 0.2) is 42.7 Å². The molecule has 0 radical (unpaired) electrons. The van der Waals surface area contributed by atoms with E-state index in [1.54, 1.807) is 24.5 Å². The van der Waals surface area contributed by atoms with Gasteiger partial charge in [-0.2, -0.15) is 5.26 Å². The summed E-state index contributed by atoms with van der Waals surface area (Å²) in [6.07, 6.45) is 6.27. The summed E-state index contributed by atoms with van der Waals surface area (Å²) in [6, 6.07) is 11.5. The third-order valence-electron chi connectivity index (χ3n) is 5.12. The Labute approximate surface area is 158 Å². The largest absolute Gasteiger partial charge is 0.324 e. The molecule has 1 amide bonds. The first kappa shape index (κ1) is 17.2. The highest BCUT2D eigenvalue weighted by Gasteiger charge is 2.30. The molecule has 0 N–H and O–H groups in total. The van der Waals surface area contributed by atoms with Crippen LogP contribution in [0.3, 0.4) is 0 Å². The number of fused-ring (bicyclic) bond motifs is 1. The predicted octanol–water partition coefficient (Wildman–Crippen LogP) is 3.58. The third kappa shape index (κ3) is 3.28. The quantitative estimate of drug-likeness (QED) is 0.698. The molecule has 1 saturated heterocycles. The summed E-state index contributed by atoms with van der Waals surface area (Å²) in [5.41, 5.74) is 3.20. The van der Waals surface area contributed by atoms with Crippen molar-refractivity contribution in [3.63, 3.8) is 0 Å². The van der Waals surface area contributed by atoms with Crippen LogP contribution in [0.2, 0.25) is 0 Å². The second-order valence-corrected chi connectivity index (χ2v) is 7.03. The summed E-state index contributed by atoms with van der Waals surface area (Å²) < 4.78 is 2.07. The molecule has 3 heterocycles. The molecule has 27 heavy (non-hydrogen) atoms. The van der Waals surface area contributed by atoms with Gasteiger partial charge in [-0.25, -0.2) is 4.98 Å². The number of hydrogen-bond acceptors (Lipinski definition) is 4. The lowest BCUT2D eigenvalue weighted by Gasteiger charge is -2.19. The van der Waals surface area contributed by atoms with Gasteiger partial charge in [-0.1, -0.05) is 13.3 Å². The Morgan fingerprint density at radius 1 is 1.26 bits per heavy atom. The van der Waals surface area contributed by atoms with Crippen molar-refractivity contribution in [3.05, 3.63) is 48.3 Å². The fourth-order valence-corrected chi connectivity index (χ4v) is 3.83. The van der Waals surface area contributed by atoms with E-state index in [1.165, 1.54) is 0 Å². The lowest BCUT2D eigenvalue weighted by Crippen LogP contribution is -2.28. The van der Waals surface area contributed by atoms with Gasteiger partial charge in [0, 0.05) is 30.9 Å². The summed E-state index contributed by atoms with van der Waals surface area (Å²) in [7, 11) is 0. The second-order valence-electron chi connectivity index (χ2n) is 7.03. The molecular formula is C21H21N5O. The number of benzene rings is 1. The van der Waals surface area contributed by atoms with Gasteiger partial charge in [-0.3, -0.25) is 9.78 Å². The minimum Gasteiger partial charge on any atom is -0.324 e. The number of carbonyl (C=O) groups excluding carboxylic acids is 1. The summed E-state index contributed by atoms with van der Waals surface area (Å²) >= 11 is 0. The first-order valence-corrected chi connectivity index (χ1v) is 9.28. The van der Waals surface area contributed by atoms with E-state index in [2.05, 4.69) is 22.5 Å². The molecule has 1 atom stereocenters. The van der Waals surface area contributed by atoms with Gasteiger partial charge in [0.15, 0.2) is 0 Å². The molecule has 1 unspecified atom stereocenters. The van der Waals surface area contributed by atoms with E-state index in [0.717, 1.165) is 41.8 Å². The second kappa shape index (κ2) is 7.20. The number of amides is 1. The van der Waals surface area contributed by atoms with Crippen LogP contribution >= 0.6 is 0 Å². The van der Waals surface area contributed by atoms with Crippen LogP contribution in [0.25, 0.3) is 22.4 Å². The van der Waals surface area contributed by atoms with Crippen molar-refractivity contribution in [2.75, 3.05) is 6.54 Å². The van der Waals surface area contributed by atoms with Crippen molar-refractivity contribution >= 4 is 16.9 Å². The van der Waals surface area contributed by atoms with Crippen LogP contribution in [-0.2, 0) is 11.5 Å². The molecule has 0 aliphatic carbocycles. The zero-order valence-corrected chi connectivity index (χ0v) is 15.3. The van der Waals surface area contributed by atoms with Gasteiger partial charge in [-0.05, 0) is 42.7 Å². The Bertz CT molecular complexity index is 1020. The molecule has 136 valence electrons. The van der Waals surface area contributed by atoms with Crippen LogP contribution in [0.5, 0.6) is 0 Å². The number of hydrogen-bond donors (Lipinski definition) is 0. The molecule has 1 fully saturated rings. The summed E-state index contributed by atoms with van der Waals surface area (Å²) in [6.45, 7) is 3.42. The summed E-state index contributed by atoms with van der Waals surface area (Å²) in [4.78, 5) is 23.3. The number of nitrogens with zero attached hydrogens (tertiary/aromatic N) is 5.